The Morgan fingerprint density at radius 3 is 2.89 bits per heavy atom. The van der Waals surface area contributed by atoms with Crippen LogP contribution in [0.25, 0.3) is 0 Å². The highest BCUT2D eigenvalue weighted by atomic mass is 15.3. The van der Waals surface area contributed by atoms with Gasteiger partial charge in [0.15, 0.2) is 0 Å². The molecule has 1 N–H and O–H groups in total. The normalized spacial score (nSPS) is 17.5. The van der Waals surface area contributed by atoms with Crippen LogP contribution in [0.15, 0.2) is 48.8 Å². The first-order valence-corrected chi connectivity index (χ1v) is 9.68. The van der Waals surface area contributed by atoms with Gasteiger partial charge < -0.3 is 9.88 Å². The van der Waals surface area contributed by atoms with Gasteiger partial charge in [-0.2, -0.15) is 5.10 Å². The minimum Gasteiger partial charge on any atom is -0.370 e. The predicted octanol–water partition coefficient (Wildman–Crippen LogP) is 3.06. The van der Waals surface area contributed by atoms with Gasteiger partial charge in [0.05, 0.1) is 11.4 Å². The van der Waals surface area contributed by atoms with Crippen LogP contribution in [0.1, 0.15) is 23.5 Å². The summed E-state index contributed by atoms with van der Waals surface area (Å²) < 4.78 is 4.43. The van der Waals surface area contributed by atoms with Gasteiger partial charge in [-0.25, -0.2) is 4.98 Å². The molecule has 0 aromatic carbocycles. The van der Waals surface area contributed by atoms with Gasteiger partial charge in [0.2, 0.25) is 0 Å². The number of rotatable bonds is 6. The molecule has 0 saturated heterocycles. The van der Waals surface area contributed by atoms with E-state index in [9.17, 15) is 0 Å². The van der Waals surface area contributed by atoms with E-state index in [4.69, 9.17) is 0 Å². The standard InChI is InChI=1S/C21H28N6/c1-17-12-20(25(2)24-17)16-26-13-18(14-27-11-5-6-19(27)15-26)8-10-23-21-7-3-4-9-22-21/h3-7,9,11-12,18H,8,10,13-16H2,1-2H3,(H,22,23)/t18-/m0/s1. The second-order valence-electron chi connectivity index (χ2n) is 7.52. The van der Waals surface area contributed by atoms with Gasteiger partial charge in [-0.05, 0) is 49.6 Å². The average molecular weight is 364 g/mol. The van der Waals surface area contributed by atoms with Gasteiger partial charge in [0.1, 0.15) is 5.82 Å². The Labute approximate surface area is 160 Å². The predicted molar refractivity (Wildman–Crippen MR) is 107 cm³/mol. The number of fused-ring (bicyclic) bond motifs is 1. The number of hydrogen-bond donors (Lipinski definition) is 1. The SMILES string of the molecule is Cc1cc(CN2Cc3cccn3C[C@@H](CCNc3ccccn3)C2)n(C)n1. The van der Waals surface area contributed by atoms with Crippen molar-refractivity contribution in [3.63, 3.8) is 0 Å². The van der Waals surface area contributed by atoms with E-state index in [0.29, 0.717) is 5.92 Å². The molecule has 6 nitrogen and oxygen atoms in total. The van der Waals surface area contributed by atoms with Gasteiger partial charge in [-0.15, -0.1) is 0 Å². The van der Waals surface area contributed by atoms with Crippen molar-refractivity contribution < 1.29 is 0 Å². The summed E-state index contributed by atoms with van der Waals surface area (Å²) >= 11 is 0. The van der Waals surface area contributed by atoms with Crippen molar-refractivity contribution in [2.75, 3.05) is 18.4 Å². The third kappa shape index (κ3) is 4.39. The molecule has 3 aromatic rings. The van der Waals surface area contributed by atoms with E-state index in [2.05, 4.69) is 56.2 Å². The summed E-state index contributed by atoms with van der Waals surface area (Å²) in [6.45, 7) is 7.09. The summed E-state index contributed by atoms with van der Waals surface area (Å²) in [5, 5.41) is 7.96. The Morgan fingerprint density at radius 1 is 1.19 bits per heavy atom. The molecule has 27 heavy (non-hydrogen) atoms. The number of nitrogens with one attached hydrogen (secondary N) is 1. The Hall–Kier alpha value is -2.60. The topological polar surface area (TPSA) is 50.9 Å². The zero-order chi connectivity index (χ0) is 18.6. The minimum atomic E-state index is 0.601. The van der Waals surface area contributed by atoms with E-state index < -0.39 is 0 Å². The quantitative estimate of drug-likeness (QED) is 0.730. The van der Waals surface area contributed by atoms with Gasteiger partial charge in [0.25, 0.3) is 0 Å². The summed E-state index contributed by atoms with van der Waals surface area (Å²) in [4.78, 5) is 6.91. The van der Waals surface area contributed by atoms with Crippen LogP contribution in [0.3, 0.4) is 0 Å². The Balaban J connectivity index is 1.42. The molecule has 1 aliphatic rings. The molecule has 0 fully saturated rings. The van der Waals surface area contributed by atoms with E-state index in [1.807, 2.05) is 36.1 Å². The fourth-order valence-corrected chi connectivity index (χ4v) is 3.98. The summed E-state index contributed by atoms with van der Waals surface area (Å²) in [6.07, 6.45) is 5.17. The molecule has 1 atom stereocenters. The molecule has 4 heterocycles. The first kappa shape index (κ1) is 17.8. The average Bonchev–Trinajstić information content (AvgIpc) is 3.16. The van der Waals surface area contributed by atoms with Gasteiger partial charge in [-0.1, -0.05) is 6.07 Å². The lowest BCUT2D eigenvalue weighted by molar-refractivity contribution is 0.212. The number of nitrogens with zero attached hydrogens (tertiary/aromatic N) is 5. The first-order valence-electron chi connectivity index (χ1n) is 9.68. The molecule has 0 radical (unpaired) electrons. The molecule has 0 amide bonds. The second-order valence-corrected chi connectivity index (χ2v) is 7.52. The lowest BCUT2D eigenvalue weighted by Crippen LogP contribution is -2.29. The summed E-state index contributed by atoms with van der Waals surface area (Å²) in [6, 6.07) is 12.6. The third-order valence-electron chi connectivity index (χ3n) is 5.29. The molecule has 3 aromatic heterocycles. The molecule has 0 bridgehead atoms. The van der Waals surface area contributed by atoms with E-state index in [1.54, 1.807) is 0 Å². The van der Waals surface area contributed by atoms with Crippen LogP contribution in [0.4, 0.5) is 5.82 Å². The lowest BCUT2D eigenvalue weighted by Gasteiger charge is -2.24. The highest BCUT2D eigenvalue weighted by Crippen LogP contribution is 2.21. The molecule has 4 rings (SSSR count). The van der Waals surface area contributed by atoms with Crippen molar-refractivity contribution >= 4 is 5.82 Å². The van der Waals surface area contributed by atoms with E-state index in [1.165, 1.54) is 11.4 Å². The molecular formula is C21H28N6. The third-order valence-corrected chi connectivity index (χ3v) is 5.29. The van der Waals surface area contributed by atoms with Gasteiger partial charge in [0, 0.05) is 57.9 Å². The minimum absolute atomic E-state index is 0.601. The first-order chi connectivity index (χ1) is 13.2. The Morgan fingerprint density at radius 2 is 2.11 bits per heavy atom. The maximum Gasteiger partial charge on any atom is 0.125 e. The zero-order valence-electron chi connectivity index (χ0n) is 16.2. The molecule has 142 valence electrons. The van der Waals surface area contributed by atoms with Crippen LogP contribution < -0.4 is 5.32 Å². The molecule has 6 heteroatoms. The second kappa shape index (κ2) is 7.96. The van der Waals surface area contributed by atoms with Crippen molar-refractivity contribution in [2.45, 2.75) is 33.0 Å². The van der Waals surface area contributed by atoms with Crippen LogP contribution >= 0.6 is 0 Å². The van der Waals surface area contributed by atoms with Crippen LogP contribution in [0.5, 0.6) is 0 Å². The van der Waals surface area contributed by atoms with Crippen molar-refractivity contribution in [3.05, 3.63) is 65.9 Å². The number of aromatic nitrogens is 4. The van der Waals surface area contributed by atoms with Crippen molar-refractivity contribution in [3.8, 4) is 0 Å². The van der Waals surface area contributed by atoms with Crippen LogP contribution in [0, 0.1) is 12.8 Å². The van der Waals surface area contributed by atoms with Crippen LogP contribution in [-0.4, -0.2) is 37.3 Å². The fourth-order valence-electron chi connectivity index (χ4n) is 3.98. The highest BCUT2D eigenvalue weighted by molar-refractivity contribution is 5.32. The Bertz CT molecular complexity index is 866. The largest absolute Gasteiger partial charge is 0.370 e. The fraction of sp³-hybridized carbons (Fsp3) is 0.429. The molecule has 0 unspecified atom stereocenters. The number of hydrogen-bond acceptors (Lipinski definition) is 4. The number of anilines is 1. The van der Waals surface area contributed by atoms with E-state index >= 15 is 0 Å². The maximum absolute atomic E-state index is 4.50. The van der Waals surface area contributed by atoms with Crippen LogP contribution in [0.2, 0.25) is 0 Å². The molecule has 0 aliphatic carbocycles. The van der Waals surface area contributed by atoms with E-state index in [0.717, 1.165) is 50.7 Å². The van der Waals surface area contributed by atoms with E-state index in [-0.39, 0.29) is 0 Å². The number of pyridine rings is 1. The molecular weight excluding hydrogens is 336 g/mol. The highest BCUT2D eigenvalue weighted by Gasteiger charge is 2.22. The summed E-state index contributed by atoms with van der Waals surface area (Å²) in [5.41, 5.74) is 3.76. The van der Waals surface area contributed by atoms with Crippen molar-refractivity contribution in [2.24, 2.45) is 13.0 Å². The zero-order valence-corrected chi connectivity index (χ0v) is 16.2. The maximum atomic E-state index is 4.50. The smallest absolute Gasteiger partial charge is 0.125 e. The molecule has 1 aliphatic heterocycles. The van der Waals surface area contributed by atoms with Crippen LogP contribution in [-0.2, 0) is 26.7 Å². The summed E-state index contributed by atoms with van der Waals surface area (Å²) in [7, 11) is 2.04. The number of aryl methyl sites for hydroxylation is 2. The molecule has 0 saturated carbocycles. The lowest BCUT2D eigenvalue weighted by atomic mass is 10.0. The Kier molecular flexibility index (Phi) is 5.25. The monoisotopic (exact) mass is 364 g/mol. The van der Waals surface area contributed by atoms with Crippen molar-refractivity contribution in [1.82, 2.24) is 24.2 Å². The van der Waals surface area contributed by atoms with Crippen molar-refractivity contribution in [1.29, 1.82) is 0 Å². The van der Waals surface area contributed by atoms with Gasteiger partial charge >= 0.3 is 0 Å². The summed E-state index contributed by atoms with van der Waals surface area (Å²) in [5.74, 6) is 1.55. The van der Waals surface area contributed by atoms with Gasteiger partial charge in [-0.3, -0.25) is 9.58 Å². The molecule has 0 spiro atoms.